The van der Waals surface area contributed by atoms with Gasteiger partial charge in [0.05, 0.1) is 21.6 Å². The summed E-state index contributed by atoms with van der Waals surface area (Å²) < 4.78 is 17.1. The Labute approximate surface area is 193 Å². The predicted molar refractivity (Wildman–Crippen MR) is 124 cm³/mol. The van der Waals surface area contributed by atoms with Crippen LogP contribution >= 0.6 is 24.0 Å². The minimum atomic E-state index is -0.788. The first kappa shape index (κ1) is 22.4. The summed E-state index contributed by atoms with van der Waals surface area (Å²) in [5.74, 6) is 5.02. The number of hydrogen-bond acceptors (Lipinski definition) is 6. The number of anilines is 1. The van der Waals surface area contributed by atoms with Gasteiger partial charge >= 0.3 is 5.69 Å². The summed E-state index contributed by atoms with van der Waals surface area (Å²) in [6, 6.07) is 7.43. The molecule has 5 rings (SSSR count). The first-order chi connectivity index (χ1) is 14.8. The van der Waals surface area contributed by atoms with Crippen molar-refractivity contribution in [1.29, 1.82) is 0 Å². The number of fused-ring (bicyclic) bond motifs is 1. The average molecular weight is 482 g/mol. The Morgan fingerprint density at radius 1 is 1.12 bits per heavy atom. The van der Waals surface area contributed by atoms with Crippen molar-refractivity contribution >= 4 is 40.6 Å². The Balaban J connectivity index is 0.00000245. The zero-order valence-electron chi connectivity index (χ0n) is 16.9. The topological polar surface area (TPSA) is 120 Å². The summed E-state index contributed by atoms with van der Waals surface area (Å²) in [6.07, 6.45) is 1.52. The highest BCUT2D eigenvalue weighted by molar-refractivity contribution is 6.38. The monoisotopic (exact) mass is 481 g/mol. The van der Waals surface area contributed by atoms with Crippen molar-refractivity contribution in [1.82, 2.24) is 9.24 Å². The Morgan fingerprint density at radius 3 is 2.41 bits per heavy atom. The van der Waals surface area contributed by atoms with E-state index in [0.29, 0.717) is 17.8 Å². The highest BCUT2D eigenvalue weighted by Gasteiger charge is 2.36. The van der Waals surface area contributed by atoms with Gasteiger partial charge in [-0.15, -0.1) is 12.4 Å². The number of benzene rings is 2. The van der Waals surface area contributed by atoms with Crippen molar-refractivity contribution in [3.63, 3.8) is 0 Å². The number of phenols is 1. The van der Waals surface area contributed by atoms with Crippen molar-refractivity contribution in [2.24, 2.45) is 5.73 Å². The molecule has 0 spiro atoms. The van der Waals surface area contributed by atoms with Crippen LogP contribution < -0.4 is 27.7 Å². The molecule has 11 heteroatoms. The van der Waals surface area contributed by atoms with E-state index in [4.69, 9.17) is 23.2 Å². The Bertz CT molecular complexity index is 1320. The molecule has 170 valence electrons. The quantitative estimate of drug-likeness (QED) is 0.492. The van der Waals surface area contributed by atoms with Gasteiger partial charge in [-0.1, -0.05) is 23.7 Å². The molecule has 0 amide bonds. The first-order valence-electron chi connectivity index (χ1n) is 10.0. The van der Waals surface area contributed by atoms with Gasteiger partial charge in [-0.2, -0.15) is 4.68 Å². The van der Waals surface area contributed by atoms with Crippen LogP contribution in [0.1, 0.15) is 30.4 Å². The minimum Gasteiger partial charge on any atom is -0.508 e. The first-order valence-corrected chi connectivity index (χ1v) is 10.4. The van der Waals surface area contributed by atoms with Gasteiger partial charge in [0, 0.05) is 31.1 Å². The fraction of sp³-hybridized carbons (Fsp3) is 0.333. The summed E-state index contributed by atoms with van der Waals surface area (Å²) in [4.78, 5) is 27.0. The lowest BCUT2D eigenvalue weighted by Gasteiger charge is -2.23. The zero-order chi connectivity index (χ0) is 22.0. The van der Waals surface area contributed by atoms with Crippen molar-refractivity contribution in [3.8, 4) is 5.75 Å². The minimum absolute atomic E-state index is 0. The van der Waals surface area contributed by atoms with Gasteiger partial charge in [-0.05, 0) is 36.6 Å². The number of nitrogens with two attached hydrogens (primary N) is 2. The van der Waals surface area contributed by atoms with Crippen LogP contribution in [0.2, 0.25) is 5.02 Å². The molecule has 1 saturated carbocycles. The molecule has 2 fully saturated rings. The second kappa shape index (κ2) is 7.99. The number of halogens is 3. The Morgan fingerprint density at radius 2 is 1.78 bits per heavy atom. The summed E-state index contributed by atoms with van der Waals surface area (Å²) in [5.41, 5.74) is 6.15. The third kappa shape index (κ3) is 3.41. The molecule has 0 bridgehead atoms. The van der Waals surface area contributed by atoms with Gasteiger partial charge in [0.2, 0.25) is 0 Å². The summed E-state index contributed by atoms with van der Waals surface area (Å²) >= 11 is 6.66. The molecule has 2 aromatic carbocycles. The van der Waals surface area contributed by atoms with E-state index in [1.165, 1.54) is 4.57 Å². The van der Waals surface area contributed by atoms with E-state index in [2.05, 4.69) is 0 Å². The molecule has 1 aliphatic heterocycles. The maximum absolute atomic E-state index is 15.2. The van der Waals surface area contributed by atoms with E-state index in [1.54, 1.807) is 29.2 Å². The molecule has 8 nitrogen and oxygen atoms in total. The molecule has 0 radical (unpaired) electrons. The van der Waals surface area contributed by atoms with Crippen LogP contribution in [0.3, 0.4) is 0 Å². The van der Waals surface area contributed by atoms with Crippen LogP contribution in [0.25, 0.3) is 10.9 Å². The maximum Gasteiger partial charge on any atom is 0.350 e. The SMILES string of the molecule is Cl.N[C@H]1CN(c2c(F)cc3c(=O)n(N)c(=O)n(C4CC4)c3c2Cl)C[C@@H]1c1ccc(O)cc1. The van der Waals surface area contributed by atoms with Crippen molar-refractivity contribution in [3.05, 3.63) is 67.6 Å². The molecule has 32 heavy (non-hydrogen) atoms. The summed E-state index contributed by atoms with van der Waals surface area (Å²) in [6.45, 7) is 0.741. The van der Waals surface area contributed by atoms with Crippen LogP contribution in [0.4, 0.5) is 10.1 Å². The van der Waals surface area contributed by atoms with Crippen molar-refractivity contribution in [2.45, 2.75) is 30.8 Å². The molecule has 2 atom stereocenters. The lowest BCUT2D eigenvalue weighted by molar-refractivity contribution is 0.474. The van der Waals surface area contributed by atoms with Crippen LogP contribution in [-0.2, 0) is 0 Å². The average Bonchev–Trinajstić information content (AvgIpc) is 3.50. The second-order valence-electron chi connectivity index (χ2n) is 8.24. The number of hydrogen-bond donors (Lipinski definition) is 3. The van der Waals surface area contributed by atoms with E-state index >= 15 is 4.39 Å². The van der Waals surface area contributed by atoms with E-state index in [0.717, 1.165) is 24.5 Å². The fourth-order valence-corrected chi connectivity index (χ4v) is 4.88. The van der Waals surface area contributed by atoms with Crippen molar-refractivity contribution < 1.29 is 9.50 Å². The van der Waals surface area contributed by atoms with Gasteiger partial charge in [0.15, 0.2) is 0 Å². The molecular formula is C21H22Cl2FN5O3. The molecule has 5 N–H and O–H groups in total. The summed E-state index contributed by atoms with van der Waals surface area (Å²) in [5, 5.41) is 9.52. The molecule has 2 aliphatic rings. The van der Waals surface area contributed by atoms with Gasteiger partial charge in [0.25, 0.3) is 5.56 Å². The lowest BCUT2D eigenvalue weighted by atomic mass is 9.95. The number of nitrogen functional groups attached to an aromatic ring is 1. The van der Waals surface area contributed by atoms with Gasteiger partial charge in [-0.25, -0.2) is 9.18 Å². The van der Waals surface area contributed by atoms with Gasteiger partial charge in [-0.3, -0.25) is 9.36 Å². The lowest BCUT2D eigenvalue weighted by Crippen LogP contribution is -2.44. The largest absolute Gasteiger partial charge is 0.508 e. The number of nitrogens with zero attached hydrogens (tertiary/aromatic N) is 3. The van der Waals surface area contributed by atoms with Gasteiger partial charge in [0.1, 0.15) is 11.6 Å². The standard InChI is InChI=1S/C21H21ClFN5O3.ClH/c22-17-18-13(20(30)28(25)21(31)27(18)11-3-4-11)7-15(23)19(17)26-8-14(16(24)9-26)10-1-5-12(29)6-2-10;/h1-2,5-7,11,14,16,29H,3-4,8-9,24-25H2;1H/t14-,16+;/m1./s1. The Hall–Kier alpha value is -2.75. The molecule has 0 unspecified atom stereocenters. The molecule has 1 aliphatic carbocycles. The number of aromatic hydroxyl groups is 1. The van der Waals surface area contributed by atoms with Gasteiger partial charge < -0.3 is 21.6 Å². The van der Waals surface area contributed by atoms with E-state index in [-0.39, 0.29) is 57.8 Å². The molecule has 3 aromatic rings. The van der Waals surface area contributed by atoms with Crippen LogP contribution in [0, 0.1) is 5.82 Å². The number of aromatic nitrogens is 2. The smallest absolute Gasteiger partial charge is 0.350 e. The highest BCUT2D eigenvalue weighted by atomic mass is 35.5. The third-order valence-corrected chi connectivity index (χ3v) is 6.54. The Kier molecular flexibility index (Phi) is 5.60. The molecule has 2 heterocycles. The number of phenolic OH excluding ortho intramolecular Hbond substituents is 1. The maximum atomic E-state index is 15.2. The third-order valence-electron chi connectivity index (χ3n) is 6.19. The molecule has 1 aromatic heterocycles. The molecule has 1 saturated heterocycles. The van der Waals surface area contributed by atoms with Crippen LogP contribution in [-0.4, -0.2) is 33.5 Å². The number of rotatable bonds is 3. The fourth-order valence-electron chi connectivity index (χ4n) is 4.47. The van der Waals surface area contributed by atoms with Crippen LogP contribution in [0.15, 0.2) is 39.9 Å². The molecular weight excluding hydrogens is 460 g/mol. The highest BCUT2D eigenvalue weighted by Crippen LogP contribution is 2.42. The van der Waals surface area contributed by atoms with E-state index < -0.39 is 17.1 Å². The normalized spacial score (nSPS) is 20.5. The second-order valence-corrected chi connectivity index (χ2v) is 8.62. The van der Waals surface area contributed by atoms with E-state index in [1.807, 2.05) is 0 Å². The summed E-state index contributed by atoms with van der Waals surface area (Å²) in [7, 11) is 0. The van der Waals surface area contributed by atoms with Crippen LogP contribution in [0.5, 0.6) is 5.75 Å². The van der Waals surface area contributed by atoms with Crippen molar-refractivity contribution in [2.75, 3.05) is 23.8 Å². The zero-order valence-corrected chi connectivity index (χ0v) is 18.4. The van der Waals surface area contributed by atoms with E-state index in [9.17, 15) is 14.7 Å². The predicted octanol–water partition coefficient (Wildman–Crippen LogP) is 2.06.